The summed E-state index contributed by atoms with van der Waals surface area (Å²) in [6, 6.07) is -0.0740. The molecule has 1 aliphatic rings. The molecule has 2 rings (SSSR count). The highest BCUT2D eigenvalue weighted by Gasteiger charge is 2.32. The third kappa shape index (κ3) is 6.81. The van der Waals surface area contributed by atoms with Gasteiger partial charge < -0.3 is 15.4 Å². The minimum absolute atomic E-state index is 0.0740. The fourth-order valence-corrected chi connectivity index (χ4v) is 2.56. The fourth-order valence-electron chi connectivity index (χ4n) is 2.04. The van der Waals surface area contributed by atoms with Gasteiger partial charge in [-0.05, 0) is 45.6 Å². The largest absolute Gasteiger partial charge is 0.444 e. The molecule has 0 spiro atoms. The maximum atomic E-state index is 12.0. The minimum atomic E-state index is -0.529. The van der Waals surface area contributed by atoms with Crippen molar-refractivity contribution in [3.05, 3.63) is 22.7 Å². The van der Waals surface area contributed by atoms with E-state index in [1.165, 1.54) is 17.4 Å². The van der Waals surface area contributed by atoms with Crippen LogP contribution < -0.4 is 10.6 Å². The van der Waals surface area contributed by atoms with Crippen LogP contribution in [0, 0.1) is 5.92 Å². The van der Waals surface area contributed by atoms with Crippen molar-refractivity contribution in [2.24, 2.45) is 5.92 Å². The Labute approximate surface area is 140 Å². The van der Waals surface area contributed by atoms with E-state index in [1.54, 1.807) is 11.6 Å². The van der Waals surface area contributed by atoms with E-state index in [2.05, 4.69) is 15.6 Å². The van der Waals surface area contributed by atoms with Crippen LogP contribution in [0.2, 0.25) is 0 Å². The topological polar surface area (TPSA) is 80.3 Å². The van der Waals surface area contributed by atoms with Crippen LogP contribution in [0.5, 0.6) is 0 Å². The van der Waals surface area contributed by atoms with Crippen LogP contribution in [-0.4, -0.2) is 35.2 Å². The normalized spacial score (nSPS) is 16.1. The second kappa shape index (κ2) is 7.59. The van der Waals surface area contributed by atoms with Crippen LogP contribution in [0.1, 0.15) is 39.3 Å². The average molecular weight is 337 g/mol. The monoisotopic (exact) mass is 337 g/mol. The second-order valence-corrected chi connectivity index (χ2v) is 7.30. The molecule has 2 amide bonds. The van der Waals surface area contributed by atoms with E-state index in [1.807, 2.05) is 26.2 Å². The molecular formula is C16H23N3O3S. The van der Waals surface area contributed by atoms with Crippen molar-refractivity contribution in [1.29, 1.82) is 0 Å². The Morgan fingerprint density at radius 3 is 2.78 bits per heavy atom. The molecule has 1 aromatic heterocycles. The number of hydrogen-bond acceptors (Lipinski definition) is 5. The summed E-state index contributed by atoms with van der Waals surface area (Å²) in [5, 5.41) is 7.53. The zero-order chi connectivity index (χ0) is 16.9. The summed E-state index contributed by atoms with van der Waals surface area (Å²) in [7, 11) is 0. The highest BCUT2D eigenvalue weighted by atomic mass is 32.1. The van der Waals surface area contributed by atoms with Crippen LogP contribution in [0.25, 0.3) is 6.08 Å². The fraction of sp³-hybridized carbons (Fsp3) is 0.562. The van der Waals surface area contributed by atoms with Gasteiger partial charge in [0.2, 0.25) is 5.91 Å². The summed E-state index contributed by atoms with van der Waals surface area (Å²) in [5.41, 5.74) is 1.95. The van der Waals surface area contributed by atoms with E-state index in [9.17, 15) is 9.59 Å². The van der Waals surface area contributed by atoms with E-state index in [0.29, 0.717) is 12.5 Å². The molecule has 1 atom stereocenters. The molecule has 1 heterocycles. The first-order valence-corrected chi connectivity index (χ1v) is 8.61. The SMILES string of the molecule is CC(C)(C)OC(=O)NC[C@H](NC(=O)/C=C/c1cscn1)C1CC1. The van der Waals surface area contributed by atoms with E-state index in [0.717, 1.165) is 18.5 Å². The summed E-state index contributed by atoms with van der Waals surface area (Å²) in [4.78, 5) is 27.8. The van der Waals surface area contributed by atoms with Crippen molar-refractivity contribution in [3.63, 3.8) is 0 Å². The molecule has 1 aliphatic carbocycles. The Hall–Kier alpha value is -1.89. The summed E-state index contributed by atoms with van der Waals surface area (Å²) < 4.78 is 5.21. The number of alkyl carbamates (subject to hydrolysis) is 1. The lowest BCUT2D eigenvalue weighted by atomic mass is 10.2. The number of ether oxygens (including phenoxy) is 1. The summed E-state index contributed by atoms with van der Waals surface area (Å²) in [6.07, 6.45) is 4.82. The van der Waals surface area contributed by atoms with Gasteiger partial charge >= 0.3 is 6.09 Å². The zero-order valence-electron chi connectivity index (χ0n) is 13.7. The van der Waals surface area contributed by atoms with Gasteiger partial charge in [-0.15, -0.1) is 11.3 Å². The van der Waals surface area contributed by atoms with Gasteiger partial charge in [0.05, 0.1) is 11.2 Å². The van der Waals surface area contributed by atoms with Crippen LogP contribution in [0.3, 0.4) is 0 Å². The van der Waals surface area contributed by atoms with Crippen molar-refractivity contribution < 1.29 is 14.3 Å². The standard InChI is InChI=1S/C16H23N3O3S/c1-16(2,3)22-15(21)17-8-13(11-4-5-11)19-14(20)7-6-12-9-23-10-18-12/h6-7,9-11,13H,4-5,8H2,1-3H3,(H,17,21)(H,19,20)/b7-6+/t13-/m0/s1. The maximum absolute atomic E-state index is 12.0. The quantitative estimate of drug-likeness (QED) is 0.782. The molecule has 2 N–H and O–H groups in total. The molecule has 1 fully saturated rings. The summed E-state index contributed by atoms with van der Waals surface area (Å²) in [5.74, 6) is 0.238. The Morgan fingerprint density at radius 1 is 1.48 bits per heavy atom. The molecule has 1 saturated carbocycles. The number of rotatable bonds is 6. The zero-order valence-corrected chi connectivity index (χ0v) is 14.5. The lowest BCUT2D eigenvalue weighted by molar-refractivity contribution is -0.117. The summed E-state index contributed by atoms with van der Waals surface area (Å²) >= 11 is 1.48. The minimum Gasteiger partial charge on any atom is -0.444 e. The Kier molecular flexibility index (Phi) is 5.76. The van der Waals surface area contributed by atoms with Gasteiger partial charge in [-0.2, -0.15) is 0 Å². The van der Waals surface area contributed by atoms with Crippen molar-refractivity contribution in [1.82, 2.24) is 15.6 Å². The molecule has 0 bridgehead atoms. The van der Waals surface area contributed by atoms with E-state index < -0.39 is 11.7 Å². The first-order chi connectivity index (χ1) is 10.8. The van der Waals surface area contributed by atoms with Crippen molar-refractivity contribution >= 4 is 29.4 Å². The van der Waals surface area contributed by atoms with Gasteiger partial charge in [0.25, 0.3) is 0 Å². The van der Waals surface area contributed by atoms with Gasteiger partial charge in [0.1, 0.15) is 5.60 Å². The van der Waals surface area contributed by atoms with Gasteiger partial charge in [-0.25, -0.2) is 9.78 Å². The van der Waals surface area contributed by atoms with Gasteiger partial charge in [0, 0.05) is 24.0 Å². The number of thiazole rings is 1. The molecule has 7 heteroatoms. The van der Waals surface area contributed by atoms with Crippen LogP contribution >= 0.6 is 11.3 Å². The maximum Gasteiger partial charge on any atom is 0.407 e. The Bertz CT molecular complexity index is 560. The molecule has 0 unspecified atom stereocenters. The average Bonchev–Trinajstić information content (AvgIpc) is 3.15. The third-order valence-electron chi connectivity index (χ3n) is 3.24. The van der Waals surface area contributed by atoms with Crippen LogP contribution in [0.15, 0.2) is 17.0 Å². The van der Waals surface area contributed by atoms with E-state index in [-0.39, 0.29) is 11.9 Å². The molecule has 6 nitrogen and oxygen atoms in total. The Balaban J connectivity index is 1.80. The highest BCUT2D eigenvalue weighted by molar-refractivity contribution is 7.07. The molecule has 0 radical (unpaired) electrons. The van der Waals surface area contributed by atoms with Crippen LogP contribution in [0.4, 0.5) is 4.79 Å². The lowest BCUT2D eigenvalue weighted by Gasteiger charge is -2.22. The van der Waals surface area contributed by atoms with Crippen LogP contribution in [-0.2, 0) is 9.53 Å². The number of amides is 2. The molecule has 0 aromatic carbocycles. The van der Waals surface area contributed by atoms with Gasteiger partial charge in [0.15, 0.2) is 0 Å². The number of hydrogen-bond donors (Lipinski definition) is 2. The number of carbonyl (C=O) groups is 2. The van der Waals surface area contributed by atoms with E-state index >= 15 is 0 Å². The number of aromatic nitrogens is 1. The first kappa shape index (κ1) is 17.5. The predicted molar refractivity (Wildman–Crippen MR) is 90.0 cm³/mol. The summed E-state index contributed by atoms with van der Waals surface area (Å²) in [6.45, 7) is 5.82. The van der Waals surface area contributed by atoms with Crippen molar-refractivity contribution in [2.45, 2.75) is 45.3 Å². The molecular weight excluding hydrogens is 314 g/mol. The molecule has 0 aliphatic heterocycles. The number of nitrogens with zero attached hydrogens (tertiary/aromatic N) is 1. The lowest BCUT2D eigenvalue weighted by Crippen LogP contribution is -2.45. The molecule has 23 heavy (non-hydrogen) atoms. The van der Waals surface area contributed by atoms with Gasteiger partial charge in [-0.1, -0.05) is 0 Å². The Morgan fingerprint density at radius 2 is 2.22 bits per heavy atom. The molecule has 0 saturated heterocycles. The first-order valence-electron chi connectivity index (χ1n) is 7.67. The van der Waals surface area contributed by atoms with Crippen molar-refractivity contribution in [2.75, 3.05) is 6.54 Å². The van der Waals surface area contributed by atoms with E-state index in [4.69, 9.17) is 4.74 Å². The van der Waals surface area contributed by atoms with Gasteiger partial charge in [-0.3, -0.25) is 4.79 Å². The third-order valence-corrected chi connectivity index (χ3v) is 3.85. The number of carbonyl (C=O) groups excluding carboxylic acids is 2. The molecule has 1 aromatic rings. The predicted octanol–water partition coefficient (Wildman–Crippen LogP) is 2.58. The molecule has 126 valence electrons. The smallest absolute Gasteiger partial charge is 0.407 e. The second-order valence-electron chi connectivity index (χ2n) is 6.58. The van der Waals surface area contributed by atoms with Crippen molar-refractivity contribution in [3.8, 4) is 0 Å². The number of nitrogens with one attached hydrogen (secondary N) is 2. The highest BCUT2D eigenvalue weighted by Crippen LogP contribution is 2.32.